The lowest BCUT2D eigenvalue weighted by Crippen LogP contribution is -2.17. The molecule has 0 saturated heterocycles. The predicted octanol–water partition coefficient (Wildman–Crippen LogP) is 5.58. The van der Waals surface area contributed by atoms with Gasteiger partial charge in [0.15, 0.2) is 0 Å². The van der Waals surface area contributed by atoms with Crippen LogP contribution in [0.3, 0.4) is 0 Å². The van der Waals surface area contributed by atoms with Crippen molar-refractivity contribution in [1.29, 1.82) is 0 Å². The molecule has 0 aliphatic rings. The van der Waals surface area contributed by atoms with Crippen molar-refractivity contribution in [2.45, 2.75) is 40.7 Å². The highest BCUT2D eigenvalue weighted by atomic mass is 35.5. The molecule has 2 aromatic carbocycles. The molecule has 0 aliphatic carbocycles. The van der Waals surface area contributed by atoms with Crippen LogP contribution in [-0.2, 0) is 0 Å². The summed E-state index contributed by atoms with van der Waals surface area (Å²) < 4.78 is 0. The Kier molecular flexibility index (Phi) is 4.67. The fourth-order valence-electron chi connectivity index (χ4n) is 2.87. The van der Waals surface area contributed by atoms with Gasteiger partial charge in [-0.15, -0.1) is 0 Å². The fourth-order valence-corrected chi connectivity index (χ4v) is 3.17. The summed E-state index contributed by atoms with van der Waals surface area (Å²) >= 11 is 12.1. The van der Waals surface area contributed by atoms with Crippen LogP contribution < -0.4 is 5.73 Å². The average molecular weight is 322 g/mol. The third kappa shape index (κ3) is 2.83. The highest BCUT2D eigenvalue weighted by Gasteiger charge is 2.19. The second kappa shape index (κ2) is 6.00. The highest BCUT2D eigenvalue weighted by Crippen LogP contribution is 2.34. The van der Waals surface area contributed by atoms with Gasteiger partial charge >= 0.3 is 0 Å². The van der Waals surface area contributed by atoms with E-state index in [1.54, 1.807) is 6.07 Å². The Labute approximate surface area is 137 Å². The van der Waals surface area contributed by atoms with Crippen molar-refractivity contribution in [1.82, 2.24) is 0 Å². The van der Waals surface area contributed by atoms with Crippen LogP contribution in [0.2, 0.25) is 10.0 Å². The van der Waals surface area contributed by atoms with Crippen molar-refractivity contribution < 1.29 is 0 Å². The number of benzene rings is 2. The molecule has 0 saturated carbocycles. The fraction of sp³-hybridized carbons (Fsp3) is 0.333. The van der Waals surface area contributed by atoms with Gasteiger partial charge < -0.3 is 5.73 Å². The number of halogens is 2. The predicted molar refractivity (Wildman–Crippen MR) is 92.6 cm³/mol. The SMILES string of the molecule is Cc1c(C)c(C)c(C(N)c2ccc(Cl)c(Cl)c2)c(C)c1C. The van der Waals surface area contributed by atoms with Crippen LogP contribution in [0, 0.1) is 34.6 Å². The summed E-state index contributed by atoms with van der Waals surface area (Å²) in [4.78, 5) is 0. The lowest BCUT2D eigenvalue weighted by Gasteiger charge is -2.23. The first-order valence-electron chi connectivity index (χ1n) is 7.03. The normalized spacial score (nSPS) is 12.6. The Morgan fingerprint density at radius 3 is 1.71 bits per heavy atom. The van der Waals surface area contributed by atoms with Crippen LogP contribution >= 0.6 is 23.2 Å². The zero-order chi connectivity index (χ0) is 15.9. The molecule has 0 aromatic heterocycles. The molecule has 2 N–H and O–H groups in total. The van der Waals surface area contributed by atoms with Crippen molar-refractivity contribution in [2.75, 3.05) is 0 Å². The highest BCUT2D eigenvalue weighted by molar-refractivity contribution is 6.42. The van der Waals surface area contributed by atoms with Crippen molar-refractivity contribution in [3.63, 3.8) is 0 Å². The molecule has 0 amide bonds. The topological polar surface area (TPSA) is 26.0 Å². The van der Waals surface area contributed by atoms with E-state index in [0.29, 0.717) is 10.0 Å². The molecule has 0 aliphatic heterocycles. The minimum absolute atomic E-state index is 0.197. The Hall–Kier alpha value is -1.02. The number of hydrogen-bond donors (Lipinski definition) is 1. The second-order valence-electron chi connectivity index (χ2n) is 5.69. The molecular weight excluding hydrogens is 301 g/mol. The van der Waals surface area contributed by atoms with Crippen molar-refractivity contribution in [3.05, 3.63) is 67.2 Å². The second-order valence-corrected chi connectivity index (χ2v) is 6.50. The van der Waals surface area contributed by atoms with Crippen LogP contribution in [0.1, 0.15) is 45.0 Å². The van der Waals surface area contributed by atoms with E-state index in [0.717, 1.165) is 5.56 Å². The van der Waals surface area contributed by atoms with Crippen LogP contribution in [0.25, 0.3) is 0 Å². The van der Waals surface area contributed by atoms with Crippen molar-refractivity contribution >= 4 is 23.2 Å². The van der Waals surface area contributed by atoms with Crippen molar-refractivity contribution in [3.8, 4) is 0 Å². The molecule has 0 fully saturated rings. The third-order valence-electron chi connectivity index (χ3n) is 4.67. The summed E-state index contributed by atoms with van der Waals surface area (Å²) in [5.74, 6) is 0. The summed E-state index contributed by atoms with van der Waals surface area (Å²) in [7, 11) is 0. The summed E-state index contributed by atoms with van der Waals surface area (Å²) in [6.07, 6.45) is 0. The average Bonchev–Trinajstić information content (AvgIpc) is 2.46. The van der Waals surface area contributed by atoms with Gasteiger partial charge in [0.1, 0.15) is 0 Å². The molecule has 2 rings (SSSR count). The summed E-state index contributed by atoms with van der Waals surface area (Å²) in [5.41, 5.74) is 15.2. The minimum Gasteiger partial charge on any atom is -0.320 e. The molecule has 0 heterocycles. The van der Waals surface area contributed by atoms with Gasteiger partial charge in [0.25, 0.3) is 0 Å². The first kappa shape index (κ1) is 16.4. The molecule has 0 radical (unpaired) electrons. The first-order chi connectivity index (χ1) is 9.75. The lowest BCUT2D eigenvalue weighted by molar-refractivity contribution is 0.843. The number of nitrogens with two attached hydrogens (primary N) is 1. The third-order valence-corrected chi connectivity index (χ3v) is 5.41. The van der Waals surface area contributed by atoms with E-state index in [4.69, 9.17) is 28.9 Å². The molecule has 0 bridgehead atoms. The Bertz CT molecular complexity index is 676. The lowest BCUT2D eigenvalue weighted by atomic mass is 9.84. The maximum Gasteiger partial charge on any atom is 0.0595 e. The van der Waals surface area contributed by atoms with Crippen LogP contribution in [0.15, 0.2) is 18.2 Å². The molecule has 2 aromatic rings. The summed E-state index contributed by atoms with van der Waals surface area (Å²) in [5, 5.41) is 1.10. The van der Waals surface area contributed by atoms with E-state index < -0.39 is 0 Å². The Balaban J connectivity index is 2.63. The van der Waals surface area contributed by atoms with Crippen LogP contribution in [-0.4, -0.2) is 0 Å². The zero-order valence-corrected chi connectivity index (χ0v) is 14.7. The smallest absolute Gasteiger partial charge is 0.0595 e. The molecule has 3 heteroatoms. The van der Waals surface area contributed by atoms with Gasteiger partial charge in [0.2, 0.25) is 0 Å². The molecular formula is C18H21Cl2N. The molecule has 1 atom stereocenters. The Morgan fingerprint density at radius 2 is 1.24 bits per heavy atom. The molecule has 1 nitrogen and oxygen atoms in total. The van der Waals surface area contributed by atoms with E-state index >= 15 is 0 Å². The molecule has 21 heavy (non-hydrogen) atoms. The quantitative estimate of drug-likeness (QED) is 0.767. The minimum atomic E-state index is -0.197. The Morgan fingerprint density at radius 1 is 0.762 bits per heavy atom. The van der Waals surface area contributed by atoms with E-state index in [1.807, 2.05) is 12.1 Å². The van der Waals surface area contributed by atoms with Gasteiger partial charge in [-0.1, -0.05) is 29.3 Å². The van der Waals surface area contributed by atoms with Gasteiger partial charge in [0.05, 0.1) is 16.1 Å². The molecule has 112 valence electrons. The largest absolute Gasteiger partial charge is 0.320 e. The zero-order valence-electron chi connectivity index (χ0n) is 13.1. The maximum atomic E-state index is 6.52. The maximum absolute atomic E-state index is 6.52. The van der Waals surface area contributed by atoms with Crippen LogP contribution in [0.5, 0.6) is 0 Å². The molecule has 0 spiro atoms. The van der Waals surface area contributed by atoms with E-state index in [-0.39, 0.29) is 6.04 Å². The summed E-state index contributed by atoms with van der Waals surface area (Å²) in [6, 6.07) is 5.41. The monoisotopic (exact) mass is 321 g/mol. The van der Waals surface area contributed by atoms with Gasteiger partial charge in [-0.3, -0.25) is 0 Å². The van der Waals surface area contributed by atoms with Crippen LogP contribution in [0.4, 0.5) is 0 Å². The van der Waals surface area contributed by atoms with Crippen molar-refractivity contribution in [2.24, 2.45) is 5.73 Å². The number of hydrogen-bond acceptors (Lipinski definition) is 1. The van der Waals surface area contributed by atoms with Gasteiger partial charge in [-0.2, -0.15) is 0 Å². The number of rotatable bonds is 2. The standard InChI is InChI=1S/C18H21Cl2N/c1-9-10(2)12(4)17(13(5)11(9)3)18(21)14-6-7-15(19)16(20)8-14/h6-8,18H,21H2,1-5H3. The van der Waals surface area contributed by atoms with Gasteiger partial charge in [0, 0.05) is 0 Å². The first-order valence-corrected chi connectivity index (χ1v) is 7.78. The van der Waals surface area contributed by atoms with Gasteiger partial charge in [-0.05, 0) is 85.7 Å². The van der Waals surface area contributed by atoms with E-state index in [1.165, 1.54) is 33.4 Å². The summed E-state index contributed by atoms with van der Waals surface area (Å²) in [6.45, 7) is 10.8. The van der Waals surface area contributed by atoms with E-state index in [9.17, 15) is 0 Å². The molecule has 1 unspecified atom stereocenters. The van der Waals surface area contributed by atoms with Gasteiger partial charge in [-0.25, -0.2) is 0 Å². The van der Waals surface area contributed by atoms with E-state index in [2.05, 4.69) is 34.6 Å².